The Morgan fingerprint density at radius 3 is 2.95 bits per heavy atom. The van der Waals surface area contributed by atoms with Crippen molar-refractivity contribution in [3.63, 3.8) is 0 Å². The van der Waals surface area contributed by atoms with Gasteiger partial charge in [0.25, 0.3) is 0 Å². The molecule has 0 radical (unpaired) electrons. The van der Waals surface area contributed by atoms with Crippen LogP contribution in [-0.2, 0) is 16.0 Å². The van der Waals surface area contributed by atoms with E-state index in [4.69, 9.17) is 9.47 Å². The second kappa shape index (κ2) is 6.39. The molecular formula is C14H18BrNO3. The molecule has 2 atom stereocenters. The van der Waals surface area contributed by atoms with Gasteiger partial charge in [-0.1, -0.05) is 13.0 Å². The Morgan fingerprint density at radius 2 is 2.32 bits per heavy atom. The Kier molecular flexibility index (Phi) is 4.82. The Hall–Kier alpha value is -1.07. The number of methoxy groups -OCH3 is 1. The lowest BCUT2D eigenvalue weighted by molar-refractivity contribution is -0.142. The summed E-state index contributed by atoms with van der Waals surface area (Å²) in [5, 5.41) is 3.10. The second-order valence-electron chi connectivity index (χ2n) is 4.58. The quantitative estimate of drug-likeness (QED) is 0.862. The van der Waals surface area contributed by atoms with E-state index >= 15 is 0 Å². The van der Waals surface area contributed by atoms with Crippen LogP contribution in [0.4, 0.5) is 0 Å². The van der Waals surface area contributed by atoms with Crippen molar-refractivity contribution in [2.24, 2.45) is 0 Å². The average molecular weight is 328 g/mol. The highest BCUT2D eigenvalue weighted by molar-refractivity contribution is 9.10. The number of hydrogen-bond acceptors (Lipinski definition) is 4. The minimum Gasteiger partial charge on any atom is -0.488 e. The Bertz CT molecular complexity index is 464. The molecule has 1 aliphatic heterocycles. The van der Waals surface area contributed by atoms with E-state index < -0.39 is 0 Å². The standard InChI is InChI=1S/C14H18BrNO3/c1-3-9-4-5-13(11(15)6-9)19-10-7-12(16-8-10)14(17)18-2/h4-6,10,12,16H,3,7-8H2,1-2H3. The number of nitrogens with one attached hydrogen (secondary N) is 1. The molecule has 0 aliphatic carbocycles. The van der Waals surface area contributed by atoms with Gasteiger partial charge in [0.1, 0.15) is 17.9 Å². The van der Waals surface area contributed by atoms with E-state index in [0.717, 1.165) is 16.6 Å². The van der Waals surface area contributed by atoms with Gasteiger partial charge in [0.05, 0.1) is 11.6 Å². The molecule has 5 heteroatoms. The van der Waals surface area contributed by atoms with Crippen LogP contribution in [-0.4, -0.2) is 31.8 Å². The summed E-state index contributed by atoms with van der Waals surface area (Å²) >= 11 is 3.52. The zero-order valence-corrected chi connectivity index (χ0v) is 12.7. The molecule has 19 heavy (non-hydrogen) atoms. The number of rotatable bonds is 4. The third-order valence-corrected chi connectivity index (χ3v) is 3.89. The summed E-state index contributed by atoms with van der Waals surface area (Å²) in [4.78, 5) is 11.4. The minimum absolute atomic E-state index is 0.00660. The Morgan fingerprint density at radius 1 is 1.53 bits per heavy atom. The van der Waals surface area contributed by atoms with Crippen molar-refractivity contribution >= 4 is 21.9 Å². The van der Waals surface area contributed by atoms with Crippen LogP contribution >= 0.6 is 15.9 Å². The van der Waals surface area contributed by atoms with Gasteiger partial charge in [-0.25, -0.2) is 0 Å². The zero-order chi connectivity index (χ0) is 13.8. The fourth-order valence-corrected chi connectivity index (χ4v) is 2.67. The number of benzene rings is 1. The number of halogens is 1. The van der Waals surface area contributed by atoms with Gasteiger partial charge in [-0.05, 0) is 40.0 Å². The van der Waals surface area contributed by atoms with Crippen LogP contribution in [0.15, 0.2) is 22.7 Å². The SMILES string of the molecule is CCc1ccc(OC2CNC(C(=O)OC)C2)c(Br)c1. The average Bonchev–Trinajstić information content (AvgIpc) is 2.88. The molecule has 0 bridgehead atoms. The number of esters is 1. The van der Waals surface area contributed by atoms with E-state index in [-0.39, 0.29) is 18.1 Å². The lowest BCUT2D eigenvalue weighted by atomic mass is 10.1. The molecule has 1 aromatic carbocycles. The van der Waals surface area contributed by atoms with Crippen molar-refractivity contribution in [2.75, 3.05) is 13.7 Å². The first-order valence-electron chi connectivity index (χ1n) is 6.40. The maximum absolute atomic E-state index is 11.4. The van der Waals surface area contributed by atoms with E-state index in [1.54, 1.807) is 0 Å². The van der Waals surface area contributed by atoms with E-state index in [2.05, 4.69) is 40.3 Å². The molecular weight excluding hydrogens is 310 g/mol. The molecule has 1 aromatic rings. The first-order chi connectivity index (χ1) is 9.13. The predicted molar refractivity (Wildman–Crippen MR) is 76.4 cm³/mol. The molecule has 0 amide bonds. The van der Waals surface area contributed by atoms with Gasteiger partial charge in [0.2, 0.25) is 0 Å². The third-order valence-electron chi connectivity index (χ3n) is 3.27. The number of carbonyl (C=O) groups is 1. The maximum Gasteiger partial charge on any atom is 0.323 e. The normalized spacial score (nSPS) is 22.3. The molecule has 1 saturated heterocycles. The van der Waals surface area contributed by atoms with Crippen LogP contribution in [0.2, 0.25) is 0 Å². The maximum atomic E-state index is 11.4. The molecule has 2 rings (SSSR count). The fraction of sp³-hybridized carbons (Fsp3) is 0.500. The number of aryl methyl sites for hydroxylation is 1. The molecule has 104 valence electrons. The van der Waals surface area contributed by atoms with Crippen molar-refractivity contribution < 1.29 is 14.3 Å². The summed E-state index contributed by atoms with van der Waals surface area (Å²) < 4.78 is 11.6. The summed E-state index contributed by atoms with van der Waals surface area (Å²) in [5.74, 6) is 0.584. The number of ether oxygens (including phenoxy) is 2. The second-order valence-corrected chi connectivity index (χ2v) is 5.43. The Labute approximate surface area is 121 Å². The molecule has 1 heterocycles. The van der Waals surface area contributed by atoms with Gasteiger partial charge in [-0.3, -0.25) is 4.79 Å². The van der Waals surface area contributed by atoms with E-state index in [9.17, 15) is 4.79 Å². The summed E-state index contributed by atoms with van der Waals surface area (Å²) in [5.41, 5.74) is 1.26. The molecule has 1 fully saturated rings. The summed E-state index contributed by atoms with van der Waals surface area (Å²) in [6, 6.07) is 5.83. The smallest absolute Gasteiger partial charge is 0.323 e. The topological polar surface area (TPSA) is 47.6 Å². The molecule has 2 unspecified atom stereocenters. The zero-order valence-electron chi connectivity index (χ0n) is 11.1. The van der Waals surface area contributed by atoms with Gasteiger partial charge in [0, 0.05) is 13.0 Å². The van der Waals surface area contributed by atoms with E-state index in [0.29, 0.717) is 13.0 Å². The van der Waals surface area contributed by atoms with Gasteiger partial charge in [-0.15, -0.1) is 0 Å². The molecule has 1 aliphatic rings. The van der Waals surface area contributed by atoms with Crippen LogP contribution in [0.1, 0.15) is 18.9 Å². The van der Waals surface area contributed by atoms with Crippen LogP contribution in [0.5, 0.6) is 5.75 Å². The van der Waals surface area contributed by atoms with Crippen LogP contribution in [0.25, 0.3) is 0 Å². The van der Waals surface area contributed by atoms with E-state index in [1.165, 1.54) is 12.7 Å². The highest BCUT2D eigenvalue weighted by Crippen LogP contribution is 2.28. The lowest BCUT2D eigenvalue weighted by Crippen LogP contribution is -2.31. The molecule has 0 aromatic heterocycles. The summed E-state index contributed by atoms with van der Waals surface area (Å²) in [6.07, 6.45) is 1.62. The predicted octanol–water partition coefficient (Wildman–Crippen LogP) is 2.29. The van der Waals surface area contributed by atoms with Crippen molar-refractivity contribution in [1.82, 2.24) is 5.32 Å². The number of carbonyl (C=O) groups excluding carboxylic acids is 1. The summed E-state index contributed by atoms with van der Waals surface area (Å²) in [6.45, 7) is 2.77. The minimum atomic E-state index is -0.260. The van der Waals surface area contributed by atoms with Crippen LogP contribution in [0, 0.1) is 0 Å². The van der Waals surface area contributed by atoms with Crippen molar-refractivity contribution in [3.05, 3.63) is 28.2 Å². The van der Waals surface area contributed by atoms with Crippen molar-refractivity contribution in [2.45, 2.75) is 31.9 Å². The largest absolute Gasteiger partial charge is 0.488 e. The number of hydrogen-bond donors (Lipinski definition) is 1. The third kappa shape index (κ3) is 3.48. The fourth-order valence-electron chi connectivity index (χ4n) is 2.15. The Balaban J connectivity index is 1.97. The van der Waals surface area contributed by atoms with Crippen LogP contribution < -0.4 is 10.1 Å². The summed E-state index contributed by atoms with van der Waals surface area (Å²) in [7, 11) is 1.40. The highest BCUT2D eigenvalue weighted by atomic mass is 79.9. The van der Waals surface area contributed by atoms with Gasteiger partial charge in [-0.2, -0.15) is 0 Å². The first kappa shape index (κ1) is 14.3. The lowest BCUT2D eigenvalue weighted by Gasteiger charge is -2.14. The highest BCUT2D eigenvalue weighted by Gasteiger charge is 2.31. The van der Waals surface area contributed by atoms with Gasteiger partial charge < -0.3 is 14.8 Å². The van der Waals surface area contributed by atoms with Crippen molar-refractivity contribution in [1.29, 1.82) is 0 Å². The van der Waals surface area contributed by atoms with E-state index in [1.807, 2.05) is 6.07 Å². The van der Waals surface area contributed by atoms with Crippen LogP contribution in [0.3, 0.4) is 0 Å². The first-order valence-corrected chi connectivity index (χ1v) is 7.19. The van der Waals surface area contributed by atoms with Gasteiger partial charge in [0.15, 0.2) is 0 Å². The molecule has 1 N–H and O–H groups in total. The molecule has 0 saturated carbocycles. The molecule has 0 spiro atoms. The van der Waals surface area contributed by atoms with Crippen molar-refractivity contribution in [3.8, 4) is 5.75 Å². The van der Waals surface area contributed by atoms with Gasteiger partial charge >= 0.3 is 5.97 Å². The monoisotopic (exact) mass is 327 g/mol. The molecule has 4 nitrogen and oxygen atoms in total.